The molecule has 0 bridgehead atoms. The van der Waals surface area contributed by atoms with Gasteiger partial charge in [0, 0.05) is 0 Å². The summed E-state index contributed by atoms with van der Waals surface area (Å²) >= 11 is 0. The highest BCUT2D eigenvalue weighted by molar-refractivity contribution is 6.20. The summed E-state index contributed by atoms with van der Waals surface area (Å²) in [6.07, 6.45) is 0. The van der Waals surface area contributed by atoms with E-state index in [9.17, 15) is 14.8 Å². The van der Waals surface area contributed by atoms with E-state index in [0.29, 0.717) is 21.8 Å². The van der Waals surface area contributed by atoms with Gasteiger partial charge in [0.25, 0.3) is 11.8 Å². The van der Waals surface area contributed by atoms with Gasteiger partial charge in [-0.25, -0.2) is 4.89 Å². The molecule has 1 aliphatic rings. The maximum atomic E-state index is 12.2. The van der Waals surface area contributed by atoms with Crippen molar-refractivity contribution >= 4 is 11.8 Å². The number of benzene rings is 2. The maximum absolute atomic E-state index is 12.2. The van der Waals surface area contributed by atoms with Crippen LogP contribution in [-0.2, 0) is 15.3 Å². The number of nitrogens with zero attached hydrogens (tertiary/aromatic N) is 1. The van der Waals surface area contributed by atoms with Crippen LogP contribution in [0.4, 0.5) is 0 Å². The largest absolute Gasteiger partial charge is 0.285 e. The van der Waals surface area contributed by atoms with E-state index < -0.39 is 17.4 Å². The number of carbonyl (C=O) groups is 2. The molecule has 0 radical (unpaired) electrons. The molecule has 1 unspecified atom stereocenters. The average Bonchev–Trinajstić information content (AvgIpc) is 2.85. The van der Waals surface area contributed by atoms with Crippen LogP contribution in [0.1, 0.15) is 33.2 Å². The second-order valence-corrected chi connectivity index (χ2v) is 5.41. The highest BCUT2D eigenvalue weighted by Gasteiger charge is 2.39. The minimum atomic E-state index is -1.21. The molecular weight excluding hydrogens is 298 g/mol. The first-order valence-corrected chi connectivity index (χ1v) is 7.05. The fourth-order valence-corrected chi connectivity index (χ4v) is 2.43. The predicted molar refractivity (Wildman–Crippen MR) is 80.4 cm³/mol. The van der Waals surface area contributed by atoms with Crippen LogP contribution in [0.2, 0.25) is 0 Å². The molecule has 0 aromatic heterocycles. The summed E-state index contributed by atoms with van der Waals surface area (Å²) in [6, 6.07) is 15.4. The lowest BCUT2D eigenvalue weighted by atomic mass is 9.97. The molecule has 118 valence electrons. The van der Waals surface area contributed by atoms with Gasteiger partial charge in [-0.2, -0.15) is 0 Å². The number of amides is 2. The first-order valence-electron chi connectivity index (χ1n) is 7.05. The monoisotopic (exact) mass is 313 g/mol. The third-order valence-electron chi connectivity index (χ3n) is 3.81. The zero-order chi connectivity index (χ0) is 16.4. The lowest BCUT2D eigenvalue weighted by Crippen LogP contribution is -2.38. The Balaban J connectivity index is 1.79. The second kappa shape index (κ2) is 5.92. The summed E-state index contributed by atoms with van der Waals surface area (Å²) < 4.78 is 0. The Morgan fingerprint density at radius 2 is 1.48 bits per heavy atom. The van der Waals surface area contributed by atoms with Gasteiger partial charge < -0.3 is 0 Å². The molecule has 1 heterocycles. The van der Waals surface area contributed by atoms with Crippen molar-refractivity contribution in [1.29, 1.82) is 0 Å². The van der Waals surface area contributed by atoms with E-state index in [1.54, 1.807) is 55.5 Å². The number of imide groups is 1. The topological polar surface area (TPSA) is 76.1 Å². The van der Waals surface area contributed by atoms with Crippen LogP contribution < -0.4 is 0 Å². The van der Waals surface area contributed by atoms with Crippen LogP contribution >= 0.6 is 0 Å². The van der Waals surface area contributed by atoms with Crippen molar-refractivity contribution in [3.8, 4) is 0 Å². The lowest BCUT2D eigenvalue weighted by molar-refractivity contribution is -0.342. The zero-order valence-electron chi connectivity index (χ0n) is 12.4. The molecule has 6 heteroatoms. The van der Waals surface area contributed by atoms with Gasteiger partial charge in [0.05, 0.1) is 11.1 Å². The van der Waals surface area contributed by atoms with Crippen molar-refractivity contribution in [3.05, 3.63) is 71.3 Å². The number of hydroxylamine groups is 2. The van der Waals surface area contributed by atoms with Gasteiger partial charge in [-0.3, -0.25) is 19.7 Å². The third kappa shape index (κ3) is 2.63. The van der Waals surface area contributed by atoms with Crippen molar-refractivity contribution in [2.24, 2.45) is 0 Å². The molecule has 0 fully saturated rings. The van der Waals surface area contributed by atoms with Gasteiger partial charge in [-0.1, -0.05) is 42.5 Å². The van der Waals surface area contributed by atoms with E-state index >= 15 is 0 Å². The maximum Gasteiger partial charge on any atom is 0.285 e. The summed E-state index contributed by atoms with van der Waals surface area (Å²) in [7, 11) is 0. The molecule has 3 rings (SSSR count). The Kier molecular flexibility index (Phi) is 3.96. The summed E-state index contributed by atoms with van der Waals surface area (Å²) in [6.45, 7) is 1.39. The van der Waals surface area contributed by atoms with Crippen molar-refractivity contribution in [2.45, 2.75) is 12.5 Å². The summed E-state index contributed by atoms with van der Waals surface area (Å²) in [5, 5.41) is 9.95. The average molecular weight is 313 g/mol. The van der Waals surface area contributed by atoms with Crippen LogP contribution in [0.15, 0.2) is 54.6 Å². The van der Waals surface area contributed by atoms with Gasteiger partial charge >= 0.3 is 0 Å². The van der Waals surface area contributed by atoms with E-state index in [4.69, 9.17) is 4.84 Å². The lowest BCUT2D eigenvalue weighted by Gasteiger charge is -2.27. The minimum absolute atomic E-state index is 0.209. The van der Waals surface area contributed by atoms with Crippen LogP contribution in [0.3, 0.4) is 0 Å². The molecular formula is C17H15NO5. The summed E-state index contributed by atoms with van der Waals surface area (Å²) in [5.41, 5.74) is 0.0307. The van der Waals surface area contributed by atoms with Crippen LogP contribution in [0.25, 0.3) is 0 Å². The van der Waals surface area contributed by atoms with E-state index in [1.807, 2.05) is 6.07 Å². The Hall–Kier alpha value is -2.54. The highest BCUT2D eigenvalue weighted by Crippen LogP contribution is 2.28. The van der Waals surface area contributed by atoms with E-state index in [-0.39, 0.29) is 6.61 Å². The Morgan fingerprint density at radius 3 is 2.00 bits per heavy atom. The molecule has 0 aliphatic carbocycles. The highest BCUT2D eigenvalue weighted by atomic mass is 17.1. The molecule has 1 N–H and O–H groups in total. The van der Waals surface area contributed by atoms with Gasteiger partial charge in [0.1, 0.15) is 6.61 Å². The summed E-state index contributed by atoms with van der Waals surface area (Å²) in [4.78, 5) is 34.4. The van der Waals surface area contributed by atoms with Gasteiger partial charge in [-0.05, 0) is 24.6 Å². The normalized spacial score (nSPS) is 16.3. The summed E-state index contributed by atoms with van der Waals surface area (Å²) in [5.74, 6) is -1.06. The van der Waals surface area contributed by atoms with Crippen LogP contribution in [0, 0.1) is 0 Å². The molecule has 0 saturated carbocycles. The Labute approximate surface area is 132 Å². The third-order valence-corrected chi connectivity index (χ3v) is 3.81. The standard InChI is InChI=1S/C17H15NO5/c1-17(23-21,12-7-3-2-4-8-12)11-22-18-15(19)13-9-5-6-10-14(13)16(18)20/h2-10,21H,11H2,1H3. The Morgan fingerprint density at radius 1 is 0.957 bits per heavy atom. The van der Waals surface area contributed by atoms with Crippen molar-refractivity contribution in [1.82, 2.24) is 5.06 Å². The molecule has 2 amide bonds. The SMILES string of the molecule is CC(CON1C(=O)c2ccccc2C1=O)(OO)c1ccccc1. The first kappa shape index (κ1) is 15.4. The quantitative estimate of drug-likeness (QED) is 0.522. The zero-order valence-corrected chi connectivity index (χ0v) is 12.4. The van der Waals surface area contributed by atoms with Gasteiger partial charge in [-0.15, -0.1) is 5.06 Å². The number of fused-ring (bicyclic) bond motifs is 1. The number of carbonyl (C=O) groups excluding carboxylic acids is 2. The molecule has 1 atom stereocenters. The molecule has 1 aliphatic heterocycles. The Bertz CT molecular complexity index is 711. The smallest absolute Gasteiger partial charge is 0.266 e. The van der Waals surface area contributed by atoms with Crippen molar-refractivity contribution in [3.63, 3.8) is 0 Å². The van der Waals surface area contributed by atoms with E-state index in [2.05, 4.69) is 4.89 Å². The number of hydrogen-bond acceptors (Lipinski definition) is 5. The van der Waals surface area contributed by atoms with Crippen molar-refractivity contribution < 1.29 is 24.6 Å². The van der Waals surface area contributed by atoms with Crippen LogP contribution in [0.5, 0.6) is 0 Å². The molecule has 0 saturated heterocycles. The minimum Gasteiger partial charge on any atom is -0.266 e. The molecule has 23 heavy (non-hydrogen) atoms. The fourth-order valence-electron chi connectivity index (χ4n) is 2.43. The van der Waals surface area contributed by atoms with Gasteiger partial charge in [0.15, 0.2) is 5.60 Å². The van der Waals surface area contributed by atoms with Crippen molar-refractivity contribution in [2.75, 3.05) is 6.61 Å². The number of hydrogen-bond donors (Lipinski definition) is 1. The molecule has 2 aromatic carbocycles. The van der Waals surface area contributed by atoms with E-state index in [0.717, 1.165) is 0 Å². The first-order chi connectivity index (χ1) is 11.1. The van der Waals surface area contributed by atoms with Gasteiger partial charge in [0.2, 0.25) is 0 Å². The fraction of sp³-hybridized carbons (Fsp3) is 0.176. The predicted octanol–water partition coefficient (Wildman–Crippen LogP) is 2.62. The number of rotatable bonds is 5. The van der Waals surface area contributed by atoms with Crippen LogP contribution in [-0.4, -0.2) is 28.7 Å². The molecule has 6 nitrogen and oxygen atoms in total. The second-order valence-electron chi connectivity index (χ2n) is 5.41. The van der Waals surface area contributed by atoms with E-state index in [1.165, 1.54) is 0 Å². The molecule has 2 aromatic rings. The molecule has 0 spiro atoms.